The van der Waals surface area contributed by atoms with Gasteiger partial charge in [0.05, 0.1) is 0 Å². The maximum absolute atomic E-state index is 11.0. The molecule has 0 spiro atoms. The highest BCUT2D eigenvalue weighted by Crippen LogP contribution is 2.69. The van der Waals surface area contributed by atoms with Gasteiger partial charge in [-0.2, -0.15) is 0 Å². The lowest BCUT2D eigenvalue weighted by Gasteiger charge is -2.29. The van der Waals surface area contributed by atoms with Crippen LogP contribution in [0.25, 0.3) is 0 Å². The Bertz CT molecular complexity index is 311. The molecule has 0 aliphatic heterocycles. The fourth-order valence-electron chi connectivity index (χ4n) is 1.18. The molecule has 0 saturated carbocycles. The van der Waals surface area contributed by atoms with Crippen LogP contribution in [0.4, 0.5) is 0 Å². The average Bonchev–Trinajstić information content (AvgIpc) is 2.07. The first-order valence-electron chi connectivity index (χ1n) is 4.99. The molecule has 10 heteroatoms. The van der Waals surface area contributed by atoms with Gasteiger partial charge in [-0.25, -0.2) is 0 Å². The van der Waals surface area contributed by atoms with Crippen LogP contribution in [0.5, 0.6) is 0 Å². The van der Waals surface area contributed by atoms with E-state index in [2.05, 4.69) is 5.32 Å². The maximum Gasteiger partial charge on any atom is 0.369 e. The summed E-state index contributed by atoms with van der Waals surface area (Å²) in [4.78, 5) is 35.3. The minimum absolute atomic E-state index is 0.0326. The summed E-state index contributed by atoms with van der Waals surface area (Å²) in [5.74, 6) is 0. The minimum atomic E-state index is -5.31. The fraction of sp³-hybridized carbons (Fsp3) is 1.00. The molecule has 0 saturated heterocycles. The third-order valence-electron chi connectivity index (χ3n) is 2.17. The van der Waals surface area contributed by atoms with Crippen LogP contribution < -0.4 is 5.32 Å². The quantitative estimate of drug-likeness (QED) is 0.278. The van der Waals surface area contributed by atoms with Gasteiger partial charge >= 0.3 is 15.2 Å². The lowest BCUT2D eigenvalue weighted by molar-refractivity contribution is 0.121. The van der Waals surface area contributed by atoms with Crippen molar-refractivity contribution in [2.75, 3.05) is 6.54 Å². The second kappa shape index (κ2) is 5.91. The number of hydrogen-bond donors (Lipinski definition) is 6. The summed E-state index contributed by atoms with van der Waals surface area (Å²) in [5, 5.41) is 9.11. The molecule has 0 fully saturated rings. The predicted molar refractivity (Wildman–Crippen MR) is 61.4 cm³/mol. The molecule has 0 aliphatic rings. The summed E-state index contributed by atoms with van der Waals surface area (Å²) in [6, 6.07) is 0.133. The van der Waals surface area contributed by atoms with Crippen molar-refractivity contribution in [2.45, 2.75) is 37.8 Å². The van der Waals surface area contributed by atoms with Gasteiger partial charge < -0.3 is 30.0 Å². The molecule has 8 nitrogen and oxygen atoms in total. The van der Waals surface area contributed by atoms with Gasteiger partial charge in [-0.1, -0.05) is 13.8 Å². The van der Waals surface area contributed by atoms with E-state index in [9.17, 15) is 14.2 Å². The van der Waals surface area contributed by atoms with Crippen LogP contribution in [0, 0.1) is 0 Å². The van der Waals surface area contributed by atoms with Gasteiger partial charge in [0, 0.05) is 12.5 Å². The molecule has 0 rings (SSSR count). The summed E-state index contributed by atoms with van der Waals surface area (Å²) in [7, 11) is -10.6. The zero-order valence-corrected chi connectivity index (χ0v) is 11.4. The van der Waals surface area contributed by atoms with Crippen molar-refractivity contribution in [1.82, 2.24) is 5.32 Å². The molecule has 0 bridgehead atoms. The molecule has 0 aromatic carbocycles. The highest BCUT2D eigenvalue weighted by molar-refractivity contribution is 7.72. The summed E-state index contributed by atoms with van der Waals surface area (Å²) < 4.78 is 21.9. The molecule has 0 radical (unpaired) electrons. The van der Waals surface area contributed by atoms with E-state index in [1.54, 1.807) is 0 Å². The zero-order chi connectivity index (χ0) is 13.9. The van der Waals surface area contributed by atoms with Crippen LogP contribution in [0.1, 0.15) is 26.7 Å². The van der Waals surface area contributed by atoms with Crippen molar-refractivity contribution in [3.63, 3.8) is 0 Å². The summed E-state index contributed by atoms with van der Waals surface area (Å²) in [5.41, 5.74) is 0. The van der Waals surface area contributed by atoms with E-state index < -0.39 is 26.7 Å². The van der Waals surface area contributed by atoms with E-state index >= 15 is 0 Å². The van der Waals surface area contributed by atoms with Crippen molar-refractivity contribution >= 4 is 15.2 Å². The van der Waals surface area contributed by atoms with E-state index in [-0.39, 0.29) is 12.5 Å². The van der Waals surface area contributed by atoms with E-state index in [1.165, 1.54) is 0 Å². The monoisotopic (exact) mass is 291 g/mol. The van der Waals surface area contributed by atoms with E-state index in [4.69, 9.17) is 19.6 Å². The third-order valence-corrected chi connectivity index (χ3v) is 6.05. The average molecular weight is 291 g/mol. The van der Waals surface area contributed by atoms with E-state index in [0.717, 1.165) is 0 Å². The largest absolute Gasteiger partial charge is 0.369 e. The normalized spacial score (nSPS) is 14.4. The van der Waals surface area contributed by atoms with Crippen LogP contribution in [-0.2, 0) is 9.13 Å². The molecular formula is C7H19NO7P2. The predicted octanol–water partition coefficient (Wildman–Crippen LogP) is -0.234. The number of nitrogens with one attached hydrogen (secondary N) is 1. The first-order chi connectivity index (χ1) is 7.42. The minimum Gasteiger partial charge on any atom is -0.368 e. The molecule has 17 heavy (non-hydrogen) atoms. The Morgan fingerprint density at radius 2 is 1.53 bits per heavy atom. The van der Waals surface area contributed by atoms with Crippen LogP contribution in [0.2, 0.25) is 0 Å². The van der Waals surface area contributed by atoms with E-state index in [1.807, 2.05) is 13.8 Å². The molecule has 0 atom stereocenters. The molecule has 0 aromatic rings. The van der Waals surface area contributed by atoms with Crippen molar-refractivity contribution < 1.29 is 33.8 Å². The van der Waals surface area contributed by atoms with Gasteiger partial charge in [-0.3, -0.25) is 9.13 Å². The van der Waals surface area contributed by atoms with Crippen molar-refractivity contribution in [1.29, 1.82) is 0 Å². The summed E-state index contributed by atoms with van der Waals surface area (Å²) in [6.07, 6.45) is -0.647. The zero-order valence-electron chi connectivity index (χ0n) is 9.65. The first-order valence-corrected chi connectivity index (χ1v) is 8.21. The molecule has 104 valence electrons. The maximum atomic E-state index is 11.0. The Balaban J connectivity index is 4.66. The van der Waals surface area contributed by atoms with Crippen LogP contribution >= 0.6 is 15.2 Å². The molecule has 6 N–H and O–H groups in total. The van der Waals surface area contributed by atoms with Gasteiger partial charge in [0.15, 0.2) is 0 Å². The molecule has 0 aliphatic carbocycles. The lowest BCUT2D eigenvalue weighted by atomic mass is 10.3. The second-order valence-corrected chi connectivity index (χ2v) is 8.08. The Morgan fingerprint density at radius 3 is 1.82 bits per heavy atom. The molecule has 0 aromatic heterocycles. The topological polar surface area (TPSA) is 147 Å². The SMILES string of the molecule is CC(C)NCCCC(O)(P(=O)(O)O)P(=O)(O)O. The molecular weight excluding hydrogens is 272 g/mol. The Hall–Kier alpha value is 0.220. The first kappa shape index (κ1) is 17.2. The van der Waals surface area contributed by atoms with Crippen molar-refractivity contribution in [3.8, 4) is 0 Å². The summed E-state index contributed by atoms with van der Waals surface area (Å²) in [6.45, 7) is 3.98. The Morgan fingerprint density at radius 1 is 1.12 bits per heavy atom. The van der Waals surface area contributed by atoms with Gasteiger partial charge in [0.2, 0.25) is 0 Å². The highest BCUT2D eigenvalue weighted by Gasteiger charge is 2.58. The van der Waals surface area contributed by atoms with Crippen molar-refractivity contribution in [3.05, 3.63) is 0 Å². The van der Waals surface area contributed by atoms with Crippen LogP contribution in [-0.4, -0.2) is 42.3 Å². The standard InChI is InChI=1S/C7H19NO7P2/c1-6(2)8-5-3-4-7(9,16(10,11)12)17(13,14)15/h6,8-9H,3-5H2,1-2H3,(H2,10,11,12)(H2,13,14,15). The van der Waals surface area contributed by atoms with Gasteiger partial charge in [-0.05, 0) is 13.0 Å². The van der Waals surface area contributed by atoms with Gasteiger partial charge in [0.1, 0.15) is 0 Å². The third kappa shape index (κ3) is 4.77. The number of rotatable bonds is 7. The van der Waals surface area contributed by atoms with Crippen molar-refractivity contribution in [2.24, 2.45) is 0 Å². The smallest absolute Gasteiger partial charge is 0.368 e. The van der Waals surface area contributed by atoms with Crippen LogP contribution in [0.3, 0.4) is 0 Å². The summed E-state index contributed by atoms with van der Waals surface area (Å²) >= 11 is 0. The van der Waals surface area contributed by atoms with Gasteiger partial charge in [-0.15, -0.1) is 0 Å². The molecule has 0 amide bonds. The van der Waals surface area contributed by atoms with Gasteiger partial charge in [0.25, 0.3) is 5.08 Å². The molecule has 0 unspecified atom stereocenters. The van der Waals surface area contributed by atoms with E-state index in [0.29, 0.717) is 6.54 Å². The Kier molecular flexibility index (Phi) is 5.98. The lowest BCUT2D eigenvalue weighted by Crippen LogP contribution is -2.31. The fourth-order valence-corrected chi connectivity index (χ4v) is 3.43. The second-order valence-electron chi connectivity index (χ2n) is 4.07. The highest BCUT2D eigenvalue weighted by atomic mass is 31.2. The number of hydrogen-bond acceptors (Lipinski definition) is 4. The van der Waals surface area contributed by atoms with Crippen LogP contribution in [0.15, 0.2) is 0 Å². The number of aliphatic hydroxyl groups is 1. The Labute approximate surface area is 99.4 Å². The molecule has 0 heterocycles.